The zero-order chi connectivity index (χ0) is 13.0. The summed E-state index contributed by atoms with van der Waals surface area (Å²) in [6.45, 7) is 5.87. The first-order chi connectivity index (χ1) is 8.66. The van der Waals surface area contributed by atoms with Gasteiger partial charge in [-0.15, -0.1) is 0 Å². The van der Waals surface area contributed by atoms with Gasteiger partial charge in [-0.1, -0.05) is 17.7 Å². The van der Waals surface area contributed by atoms with Crippen LogP contribution in [-0.4, -0.2) is 25.0 Å². The lowest BCUT2D eigenvalue weighted by Gasteiger charge is -2.12. The molecule has 0 bridgehead atoms. The molecule has 0 aromatic heterocycles. The predicted octanol–water partition coefficient (Wildman–Crippen LogP) is 2.18. The van der Waals surface area contributed by atoms with Crippen LogP contribution in [0.1, 0.15) is 40.7 Å². The Bertz CT molecular complexity index is 423. The summed E-state index contributed by atoms with van der Waals surface area (Å²) in [5.41, 5.74) is 2.97. The fourth-order valence-electron chi connectivity index (χ4n) is 2.44. The van der Waals surface area contributed by atoms with E-state index in [-0.39, 0.29) is 5.91 Å². The molecule has 3 heteroatoms. The van der Waals surface area contributed by atoms with Gasteiger partial charge in [-0.3, -0.25) is 4.79 Å². The quantitative estimate of drug-likeness (QED) is 0.855. The summed E-state index contributed by atoms with van der Waals surface area (Å²) >= 11 is 0. The third-order valence-corrected chi connectivity index (χ3v) is 3.58. The lowest BCUT2D eigenvalue weighted by molar-refractivity contribution is 0.0951. The van der Waals surface area contributed by atoms with Gasteiger partial charge in [-0.25, -0.2) is 0 Å². The molecule has 2 N–H and O–H groups in total. The molecule has 1 atom stereocenters. The molecule has 0 unspecified atom stereocenters. The third-order valence-electron chi connectivity index (χ3n) is 3.58. The Kier molecular flexibility index (Phi) is 4.37. The van der Waals surface area contributed by atoms with E-state index in [1.54, 1.807) is 0 Å². The van der Waals surface area contributed by atoms with Crippen LogP contribution in [0.25, 0.3) is 0 Å². The first kappa shape index (κ1) is 13.1. The van der Waals surface area contributed by atoms with Crippen molar-refractivity contribution in [2.24, 2.45) is 0 Å². The van der Waals surface area contributed by atoms with E-state index in [2.05, 4.69) is 10.6 Å². The topological polar surface area (TPSA) is 41.1 Å². The molecule has 1 aliphatic heterocycles. The summed E-state index contributed by atoms with van der Waals surface area (Å²) in [5, 5.41) is 6.45. The molecule has 0 saturated carbocycles. The first-order valence-electron chi connectivity index (χ1n) is 6.75. The molecule has 0 aliphatic carbocycles. The summed E-state index contributed by atoms with van der Waals surface area (Å²) in [4.78, 5) is 12.1. The molecule has 1 saturated heterocycles. The Labute approximate surface area is 109 Å². The Morgan fingerprint density at radius 1 is 1.44 bits per heavy atom. The van der Waals surface area contributed by atoms with Crippen molar-refractivity contribution < 1.29 is 4.79 Å². The van der Waals surface area contributed by atoms with E-state index in [1.165, 1.54) is 12.8 Å². The van der Waals surface area contributed by atoms with E-state index >= 15 is 0 Å². The minimum Gasteiger partial charge on any atom is -0.352 e. The van der Waals surface area contributed by atoms with Gasteiger partial charge < -0.3 is 10.6 Å². The highest BCUT2D eigenvalue weighted by atomic mass is 16.1. The van der Waals surface area contributed by atoms with Gasteiger partial charge in [0.25, 0.3) is 5.91 Å². The van der Waals surface area contributed by atoms with Crippen LogP contribution >= 0.6 is 0 Å². The number of rotatable bonds is 4. The number of carbonyl (C=O) groups is 1. The molecule has 1 fully saturated rings. The number of amides is 1. The van der Waals surface area contributed by atoms with E-state index in [1.807, 2.05) is 32.0 Å². The van der Waals surface area contributed by atoms with Gasteiger partial charge >= 0.3 is 0 Å². The van der Waals surface area contributed by atoms with Crippen molar-refractivity contribution >= 4 is 5.91 Å². The Balaban J connectivity index is 1.85. The SMILES string of the molecule is Cc1ccc(C)c(C(=O)NCC[C@@H]2CCCN2)c1. The van der Waals surface area contributed by atoms with Crippen LogP contribution in [0.15, 0.2) is 18.2 Å². The predicted molar refractivity (Wildman–Crippen MR) is 73.9 cm³/mol. The highest BCUT2D eigenvalue weighted by molar-refractivity contribution is 5.95. The fraction of sp³-hybridized carbons (Fsp3) is 0.533. The van der Waals surface area contributed by atoms with Crippen LogP contribution < -0.4 is 10.6 Å². The molecule has 98 valence electrons. The molecular weight excluding hydrogens is 224 g/mol. The molecule has 18 heavy (non-hydrogen) atoms. The van der Waals surface area contributed by atoms with Crippen LogP contribution in [0, 0.1) is 13.8 Å². The molecule has 2 rings (SSSR count). The lowest BCUT2D eigenvalue weighted by Crippen LogP contribution is -2.30. The molecule has 1 aliphatic rings. The van der Waals surface area contributed by atoms with E-state index < -0.39 is 0 Å². The summed E-state index contributed by atoms with van der Waals surface area (Å²) in [6, 6.07) is 6.58. The zero-order valence-corrected chi connectivity index (χ0v) is 11.3. The number of aryl methyl sites for hydroxylation is 2. The summed E-state index contributed by atoms with van der Waals surface area (Å²) in [5.74, 6) is 0.0502. The number of hydrogen-bond acceptors (Lipinski definition) is 2. The van der Waals surface area contributed by atoms with Gasteiger partial charge in [0.15, 0.2) is 0 Å². The largest absolute Gasteiger partial charge is 0.352 e. The second kappa shape index (κ2) is 6.01. The van der Waals surface area contributed by atoms with Gasteiger partial charge in [-0.05, 0) is 51.3 Å². The maximum absolute atomic E-state index is 12.1. The van der Waals surface area contributed by atoms with Crippen molar-refractivity contribution in [2.45, 2.75) is 39.2 Å². The van der Waals surface area contributed by atoms with Crippen LogP contribution in [0.5, 0.6) is 0 Å². The molecule has 1 heterocycles. The molecule has 1 amide bonds. The molecule has 1 aromatic carbocycles. The minimum absolute atomic E-state index is 0.0502. The normalized spacial score (nSPS) is 18.9. The number of carbonyl (C=O) groups excluding carboxylic acids is 1. The number of hydrogen-bond donors (Lipinski definition) is 2. The maximum Gasteiger partial charge on any atom is 0.251 e. The highest BCUT2D eigenvalue weighted by Gasteiger charge is 2.14. The lowest BCUT2D eigenvalue weighted by atomic mass is 10.0. The Morgan fingerprint density at radius 3 is 3.00 bits per heavy atom. The number of nitrogens with one attached hydrogen (secondary N) is 2. The monoisotopic (exact) mass is 246 g/mol. The van der Waals surface area contributed by atoms with E-state index in [4.69, 9.17) is 0 Å². The average Bonchev–Trinajstić information content (AvgIpc) is 2.85. The van der Waals surface area contributed by atoms with Gasteiger partial charge in [0, 0.05) is 18.2 Å². The molecule has 0 radical (unpaired) electrons. The summed E-state index contributed by atoms with van der Waals surface area (Å²) < 4.78 is 0. The van der Waals surface area contributed by atoms with Crippen molar-refractivity contribution in [3.05, 3.63) is 34.9 Å². The summed E-state index contributed by atoms with van der Waals surface area (Å²) in [6.07, 6.45) is 3.52. The van der Waals surface area contributed by atoms with E-state index in [0.717, 1.165) is 36.2 Å². The second-order valence-electron chi connectivity index (χ2n) is 5.16. The zero-order valence-electron chi connectivity index (χ0n) is 11.3. The molecule has 0 spiro atoms. The van der Waals surface area contributed by atoms with Crippen molar-refractivity contribution in [2.75, 3.05) is 13.1 Å². The van der Waals surface area contributed by atoms with Crippen molar-refractivity contribution in [1.29, 1.82) is 0 Å². The first-order valence-corrected chi connectivity index (χ1v) is 6.75. The van der Waals surface area contributed by atoms with Gasteiger partial charge in [0.1, 0.15) is 0 Å². The third kappa shape index (κ3) is 3.33. The van der Waals surface area contributed by atoms with Crippen LogP contribution in [0.4, 0.5) is 0 Å². The van der Waals surface area contributed by atoms with E-state index in [0.29, 0.717) is 6.04 Å². The van der Waals surface area contributed by atoms with Crippen LogP contribution in [-0.2, 0) is 0 Å². The van der Waals surface area contributed by atoms with Crippen molar-refractivity contribution in [1.82, 2.24) is 10.6 Å². The van der Waals surface area contributed by atoms with Crippen molar-refractivity contribution in [3.63, 3.8) is 0 Å². The molecular formula is C15H22N2O. The average molecular weight is 246 g/mol. The summed E-state index contributed by atoms with van der Waals surface area (Å²) in [7, 11) is 0. The fourth-order valence-corrected chi connectivity index (χ4v) is 2.44. The Hall–Kier alpha value is -1.35. The van der Waals surface area contributed by atoms with Gasteiger partial charge in [-0.2, -0.15) is 0 Å². The number of benzene rings is 1. The van der Waals surface area contributed by atoms with Crippen molar-refractivity contribution in [3.8, 4) is 0 Å². The van der Waals surface area contributed by atoms with Gasteiger partial charge in [0.05, 0.1) is 0 Å². The van der Waals surface area contributed by atoms with Crippen LogP contribution in [0.3, 0.4) is 0 Å². The van der Waals surface area contributed by atoms with E-state index in [9.17, 15) is 4.79 Å². The highest BCUT2D eigenvalue weighted by Crippen LogP contribution is 2.11. The standard InChI is InChI=1S/C15H22N2O/c1-11-5-6-12(2)14(10-11)15(18)17-9-7-13-4-3-8-16-13/h5-6,10,13,16H,3-4,7-9H2,1-2H3,(H,17,18)/t13-/m0/s1. The Morgan fingerprint density at radius 2 is 2.28 bits per heavy atom. The smallest absolute Gasteiger partial charge is 0.251 e. The van der Waals surface area contributed by atoms with Gasteiger partial charge in [0.2, 0.25) is 0 Å². The molecule has 1 aromatic rings. The minimum atomic E-state index is 0.0502. The second-order valence-corrected chi connectivity index (χ2v) is 5.16. The maximum atomic E-state index is 12.1. The molecule has 3 nitrogen and oxygen atoms in total. The van der Waals surface area contributed by atoms with Crippen LogP contribution in [0.2, 0.25) is 0 Å².